The Bertz CT molecular complexity index is 79.7. The van der Waals surface area contributed by atoms with E-state index in [4.69, 9.17) is 26.2 Å². The van der Waals surface area contributed by atoms with Gasteiger partial charge in [-0.15, -0.1) is 0 Å². The van der Waals surface area contributed by atoms with Crippen molar-refractivity contribution in [2.75, 3.05) is 13.2 Å². The number of hydrogen-bond donors (Lipinski definition) is 5. The topological polar surface area (TPSA) is 107 Å². The maximum Gasteiger partial charge on any atom is 0.109 e. The van der Waals surface area contributed by atoms with Crippen molar-refractivity contribution in [3.05, 3.63) is 0 Å². The summed E-state index contributed by atoms with van der Waals surface area (Å²) in [6, 6.07) is 0. The minimum atomic E-state index is -1.37. The van der Waals surface area contributed by atoms with Gasteiger partial charge in [-0.05, 0) is 0 Å². The van der Waals surface area contributed by atoms with E-state index in [1.807, 2.05) is 0 Å². The van der Waals surface area contributed by atoms with E-state index in [1.165, 1.54) is 0 Å². The van der Waals surface area contributed by atoms with Gasteiger partial charge in [0, 0.05) is 6.54 Å². The number of aliphatic hydroxyl groups is 4. The highest BCUT2D eigenvalue weighted by atomic mass is 16.4. The van der Waals surface area contributed by atoms with E-state index in [2.05, 4.69) is 0 Å². The summed E-state index contributed by atoms with van der Waals surface area (Å²) in [6.45, 7) is -0.726. The highest BCUT2D eigenvalue weighted by Crippen LogP contribution is 1.97. The molecule has 0 amide bonds. The number of hydrogen-bond acceptors (Lipinski definition) is 5. The number of aliphatic hydroxyl groups excluding tert-OH is 4. The van der Waals surface area contributed by atoms with Crippen LogP contribution in [0.5, 0.6) is 0 Å². The highest BCUT2D eigenvalue weighted by Gasteiger charge is 2.22. The van der Waals surface area contributed by atoms with Crippen molar-refractivity contribution in [2.24, 2.45) is 5.73 Å². The second kappa shape index (κ2) is 4.59. The van der Waals surface area contributed by atoms with Crippen LogP contribution in [0.4, 0.5) is 0 Å². The van der Waals surface area contributed by atoms with Crippen LogP contribution in [0, 0.1) is 0 Å². The predicted molar refractivity (Wildman–Crippen MR) is 34.2 cm³/mol. The first-order valence-electron chi connectivity index (χ1n) is 2.98. The molecule has 0 saturated carbocycles. The van der Waals surface area contributed by atoms with E-state index < -0.39 is 24.9 Å². The zero-order valence-corrected chi connectivity index (χ0v) is 5.51. The Kier molecular flexibility index (Phi) is 4.50. The van der Waals surface area contributed by atoms with E-state index in [9.17, 15) is 0 Å². The molecule has 0 aliphatic heterocycles. The first kappa shape index (κ1) is 9.80. The van der Waals surface area contributed by atoms with Crippen LogP contribution >= 0.6 is 0 Å². The van der Waals surface area contributed by atoms with Crippen molar-refractivity contribution >= 4 is 0 Å². The molecule has 0 aromatic carbocycles. The van der Waals surface area contributed by atoms with Gasteiger partial charge in [0.05, 0.1) is 12.7 Å². The van der Waals surface area contributed by atoms with Crippen molar-refractivity contribution in [1.29, 1.82) is 0 Å². The lowest BCUT2D eigenvalue weighted by Crippen LogP contribution is -2.43. The Hall–Kier alpha value is -0.200. The summed E-state index contributed by atoms with van der Waals surface area (Å²) in [5.74, 6) is 0. The van der Waals surface area contributed by atoms with Crippen molar-refractivity contribution in [3.8, 4) is 0 Å². The maximum absolute atomic E-state index is 8.85. The molecule has 0 aliphatic carbocycles. The van der Waals surface area contributed by atoms with E-state index in [-0.39, 0.29) is 6.54 Å². The van der Waals surface area contributed by atoms with Gasteiger partial charge in [-0.2, -0.15) is 0 Å². The SMILES string of the molecule is NCC(O)C(O)C(O)CO. The molecule has 0 heterocycles. The molecule has 0 spiro atoms. The van der Waals surface area contributed by atoms with Crippen LogP contribution in [0.1, 0.15) is 0 Å². The molecule has 5 nitrogen and oxygen atoms in total. The van der Waals surface area contributed by atoms with E-state index in [0.717, 1.165) is 0 Å². The predicted octanol–water partition coefficient (Wildman–Crippen LogP) is -2.98. The Balaban J connectivity index is 3.69. The highest BCUT2D eigenvalue weighted by molar-refractivity contribution is 4.74. The fourth-order valence-electron chi connectivity index (χ4n) is 0.504. The molecule has 3 unspecified atom stereocenters. The molecule has 3 atom stereocenters. The average molecular weight is 151 g/mol. The van der Waals surface area contributed by atoms with Gasteiger partial charge in [0.2, 0.25) is 0 Å². The molecule has 5 heteroatoms. The van der Waals surface area contributed by atoms with E-state index in [1.54, 1.807) is 0 Å². The molecule has 62 valence electrons. The smallest absolute Gasteiger partial charge is 0.109 e. The zero-order valence-electron chi connectivity index (χ0n) is 5.51. The fraction of sp³-hybridized carbons (Fsp3) is 1.00. The van der Waals surface area contributed by atoms with E-state index >= 15 is 0 Å². The fourth-order valence-corrected chi connectivity index (χ4v) is 0.504. The second-order valence-electron chi connectivity index (χ2n) is 2.04. The standard InChI is InChI=1S/C5H13NO4/c6-1-3(8)5(10)4(9)2-7/h3-5,7-10H,1-2,6H2. The normalized spacial score (nSPS) is 20.1. The molecule has 0 saturated heterocycles. The summed E-state index contributed by atoms with van der Waals surface area (Å²) >= 11 is 0. The summed E-state index contributed by atoms with van der Waals surface area (Å²) < 4.78 is 0. The largest absolute Gasteiger partial charge is 0.394 e. The van der Waals surface area contributed by atoms with Gasteiger partial charge in [-0.1, -0.05) is 0 Å². The maximum atomic E-state index is 8.85. The van der Waals surface area contributed by atoms with Gasteiger partial charge in [0.25, 0.3) is 0 Å². The third-order valence-electron chi connectivity index (χ3n) is 1.22. The first-order chi connectivity index (χ1) is 4.63. The van der Waals surface area contributed by atoms with Crippen molar-refractivity contribution < 1.29 is 20.4 Å². The average Bonchev–Trinajstić information content (AvgIpc) is 2.00. The van der Waals surface area contributed by atoms with Crippen LogP contribution in [0.3, 0.4) is 0 Å². The molecule has 0 aromatic heterocycles. The van der Waals surface area contributed by atoms with Gasteiger partial charge in [-0.25, -0.2) is 0 Å². The molecule has 10 heavy (non-hydrogen) atoms. The minimum Gasteiger partial charge on any atom is -0.394 e. The van der Waals surface area contributed by atoms with Crippen LogP contribution in [-0.4, -0.2) is 51.9 Å². The summed E-state index contributed by atoms with van der Waals surface area (Å²) in [7, 11) is 0. The zero-order chi connectivity index (χ0) is 8.15. The number of rotatable bonds is 4. The van der Waals surface area contributed by atoms with Crippen LogP contribution in [0.15, 0.2) is 0 Å². The molecule has 0 aliphatic rings. The first-order valence-corrected chi connectivity index (χ1v) is 2.98. The van der Waals surface area contributed by atoms with Gasteiger partial charge in [0.15, 0.2) is 0 Å². The monoisotopic (exact) mass is 151 g/mol. The summed E-state index contributed by atoms with van der Waals surface area (Å²) in [4.78, 5) is 0. The van der Waals surface area contributed by atoms with Crippen LogP contribution in [0.25, 0.3) is 0 Å². The Morgan fingerprint density at radius 1 is 1.10 bits per heavy atom. The Morgan fingerprint density at radius 2 is 1.60 bits per heavy atom. The van der Waals surface area contributed by atoms with Gasteiger partial charge in [-0.3, -0.25) is 0 Å². The molecule has 0 fully saturated rings. The minimum absolute atomic E-state index is 0.141. The Morgan fingerprint density at radius 3 is 1.90 bits per heavy atom. The lowest BCUT2D eigenvalue weighted by molar-refractivity contribution is -0.0727. The van der Waals surface area contributed by atoms with Gasteiger partial charge >= 0.3 is 0 Å². The third-order valence-corrected chi connectivity index (χ3v) is 1.22. The lowest BCUT2D eigenvalue weighted by Gasteiger charge is -2.19. The van der Waals surface area contributed by atoms with E-state index in [0.29, 0.717) is 0 Å². The van der Waals surface area contributed by atoms with Crippen molar-refractivity contribution in [3.63, 3.8) is 0 Å². The second-order valence-corrected chi connectivity index (χ2v) is 2.04. The van der Waals surface area contributed by atoms with Crippen molar-refractivity contribution in [1.82, 2.24) is 0 Å². The molecule has 6 N–H and O–H groups in total. The van der Waals surface area contributed by atoms with Crippen LogP contribution in [-0.2, 0) is 0 Å². The lowest BCUT2D eigenvalue weighted by atomic mass is 10.1. The number of nitrogens with two attached hydrogens (primary N) is 1. The Labute approximate surface area is 58.7 Å². The van der Waals surface area contributed by atoms with Crippen LogP contribution in [0.2, 0.25) is 0 Å². The third kappa shape index (κ3) is 2.59. The quantitative estimate of drug-likeness (QED) is 0.295. The molecular formula is C5H13NO4. The summed E-state index contributed by atoms with van der Waals surface area (Å²) in [5, 5.41) is 34.6. The molecule has 0 radical (unpaired) electrons. The summed E-state index contributed by atoms with van der Waals surface area (Å²) in [5.41, 5.74) is 4.96. The van der Waals surface area contributed by atoms with Crippen molar-refractivity contribution in [2.45, 2.75) is 18.3 Å². The van der Waals surface area contributed by atoms with Gasteiger partial charge < -0.3 is 26.2 Å². The molecule has 0 bridgehead atoms. The van der Waals surface area contributed by atoms with Gasteiger partial charge in [0.1, 0.15) is 12.2 Å². The molecule has 0 rings (SSSR count). The van der Waals surface area contributed by atoms with Crippen LogP contribution < -0.4 is 5.73 Å². The molecular weight excluding hydrogens is 138 g/mol. The molecule has 0 aromatic rings. The summed E-state index contributed by atoms with van der Waals surface area (Å²) in [6.07, 6.45) is -3.87.